The van der Waals surface area contributed by atoms with E-state index in [0.29, 0.717) is 59.0 Å². The van der Waals surface area contributed by atoms with Gasteiger partial charge >= 0.3 is 5.97 Å². The summed E-state index contributed by atoms with van der Waals surface area (Å²) in [5, 5.41) is 21.5. The van der Waals surface area contributed by atoms with Gasteiger partial charge in [0, 0.05) is 62.3 Å². The van der Waals surface area contributed by atoms with E-state index >= 15 is 4.39 Å². The number of carbonyl (C=O) groups is 5. The number of nitrogens with two attached hydrogens (primary N) is 1. The van der Waals surface area contributed by atoms with Crippen molar-refractivity contribution in [1.29, 1.82) is 0 Å². The molecule has 1 saturated heterocycles. The van der Waals surface area contributed by atoms with E-state index in [-0.39, 0.29) is 37.8 Å². The van der Waals surface area contributed by atoms with E-state index in [9.17, 15) is 24.0 Å². The van der Waals surface area contributed by atoms with Gasteiger partial charge in [-0.1, -0.05) is 12.1 Å². The number of aliphatic carboxylic acids is 1. The fourth-order valence-corrected chi connectivity index (χ4v) is 5.84. The van der Waals surface area contributed by atoms with Gasteiger partial charge in [-0.2, -0.15) is 10.2 Å². The molecule has 14 nitrogen and oxygen atoms in total. The number of aromatic nitrogens is 4. The fraction of sp³-hybridized carbons (Fsp3) is 0.387. The van der Waals surface area contributed by atoms with E-state index in [1.807, 2.05) is 6.07 Å². The van der Waals surface area contributed by atoms with Crippen LogP contribution in [0.5, 0.6) is 0 Å². The molecule has 0 radical (unpaired) electrons. The number of carboxylic acid groups (broad SMARTS) is 1. The highest BCUT2D eigenvalue weighted by atomic mass is 19.1. The van der Waals surface area contributed by atoms with Crippen molar-refractivity contribution in [3.63, 3.8) is 0 Å². The number of carboxylic acids is 1. The highest BCUT2D eigenvalue weighted by Crippen LogP contribution is 2.40. The van der Waals surface area contributed by atoms with Crippen molar-refractivity contribution < 1.29 is 33.5 Å². The van der Waals surface area contributed by atoms with Crippen LogP contribution in [0.3, 0.4) is 0 Å². The maximum atomic E-state index is 15.7. The third-order valence-electron chi connectivity index (χ3n) is 8.28. The number of benzene rings is 2. The number of hydrogen-bond acceptors (Lipinski definition) is 7. The minimum absolute atomic E-state index is 0.0204. The number of fused-ring (bicyclic) bond motifs is 2. The molecular weight excluding hydrogens is 599 g/mol. The number of nitrogens with one attached hydrogen (secondary N) is 1. The first kappa shape index (κ1) is 32.1. The molecule has 4 amide bonds. The number of rotatable bonds is 11. The second-order valence-corrected chi connectivity index (χ2v) is 11.4. The van der Waals surface area contributed by atoms with Gasteiger partial charge in [-0.15, -0.1) is 0 Å². The Bertz CT molecular complexity index is 1840. The molecule has 0 aliphatic carbocycles. The quantitative estimate of drug-likeness (QED) is 0.221. The number of likely N-dealkylation sites (tertiary alicyclic amines) is 1. The summed E-state index contributed by atoms with van der Waals surface area (Å²) in [6.45, 7) is -0.270. The van der Waals surface area contributed by atoms with Crippen LogP contribution in [0.25, 0.3) is 32.9 Å². The Hall–Kier alpha value is -5.34. The molecule has 2 aromatic carbocycles. The first-order valence-electron chi connectivity index (χ1n) is 14.8. The van der Waals surface area contributed by atoms with E-state index in [0.717, 1.165) is 5.52 Å². The zero-order valence-electron chi connectivity index (χ0n) is 25.5. The molecule has 4 N–H and O–H groups in total. The monoisotopic (exact) mass is 634 g/mol. The van der Waals surface area contributed by atoms with Crippen LogP contribution < -0.4 is 11.1 Å². The van der Waals surface area contributed by atoms with Crippen LogP contribution in [0.1, 0.15) is 37.3 Å². The molecule has 15 heteroatoms. The fourth-order valence-electron chi connectivity index (χ4n) is 5.84. The third kappa shape index (κ3) is 6.82. The molecular formula is C31H35FN8O6. The van der Waals surface area contributed by atoms with E-state index in [1.165, 1.54) is 22.7 Å². The number of amides is 4. The van der Waals surface area contributed by atoms with E-state index in [4.69, 9.17) is 15.9 Å². The van der Waals surface area contributed by atoms with Gasteiger partial charge in [0.15, 0.2) is 0 Å². The van der Waals surface area contributed by atoms with E-state index < -0.39 is 36.1 Å². The van der Waals surface area contributed by atoms with Gasteiger partial charge in [-0.25, -0.2) is 4.39 Å². The zero-order valence-corrected chi connectivity index (χ0v) is 25.5. The van der Waals surface area contributed by atoms with Crippen LogP contribution in [0.2, 0.25) is 0 Å². The van der Waals surface area contributed by atoms with Gasteiger partial charge in [0.1, 0.15) is 18.9 Å². The van der Waals surface area contributed by atoms with Crippen LogP contribution >= 0.6 is 0 Å². The highest BCUT2D eigenvalue weighted by Gasteiger charge is 2.30. The molecule has 0 unspecified atom stereocenters. The summed E-state index contributed by atoms with van der Waals surface area (Å²) in [7, 11) is 3.21. The van der Waals surface area contributed by atoms with Crippen molar-refractivity contribution in [3.8, 4) is 11.1 Å². The average Bonchev–Trinajstić information content (AvgIpc) is 3.57. The van der Waals surface area contributed by atoms with Crippen LogP contribution in [0.4, 0.5) is 4.39 Å². The Morgan fingerprint density at radius 2 is 1.83 bits per heavy atom. The predicted molar refractivity (Wildman–Crippen MR) is 165 cm³/mol. The lowest BCUT2D eigenvalue weighted by Gasteiger charge is -2.31. The van der Waals surface area contributed by atoms with Gasteiger partial charge < -0.3 is 26.0 Å². The predicted octanol–water partition coefficient (Wildman–Crippen LogP) is 1.36. The van der Waals surface area contributed by atoms with Crippen molar-refractivity contribution in [2.45, 2.75) is 38.1 Å². The Morgan fingerprint density at radius 1 is 1.09 bits per heavy atom. The Labute approximate surface area is 262 Å². The first-order chi connectivity index (χ1) is 21.9. The van der Waals surface area contributed by atoms with Crippen LogP contribution in [0, 0.1) is 5.82 Å². The molecule has 1 aliphatic rings. The maximum Gasteiger partial charge on any atom is 0.322 e. The molecule has 0 bridgehead atoms. The first-order valence-corrected chi connectivity index (χ1v) is 14.8. The summed E-state index contributed by atoms with van der Waals surface area (Å²) >= 11 is 0. The molecule has 3 heterocycles. The van der Waals surface area contributed by atoms with Crippen LogP contribution in [-0.2, 0) is 37.6 Å². The Morgan fingerprint density at radius 3 is 2.52 bits per heavy atom. The van der Waals surface area contributed by atoms with Gasteiger partial charge in [-0.05, 0) is 36.6 Å². The minimum atomic E-state index is -1.20. The smallest absolute Gasteiger partial charge is 0.322 e. The minimum Gasteiger partial charge on any atom is -0.480 e. The molecule has 46 heavy (non-hydrogen) atoms. The van der Waals surface area contributed by atoms with Crippen molar-refractivity contribution >= 4 is 51.4 Å². The summed E-state index contributed by atoms with van der Waals surface area (Å²) < 4.78 is 18.9. The molecule has 1 aliphatic heterocycles. The lowest BCUT2D eigenvalue weighted by atomic mass is 9.88. The number of carbonyl (C=O) groups excluding carboxylic acids is 4. The standard InChI is InChI=1S/C31H35FN8O6/c1-37(16-26(42)34-15-29(45)46)28(44)17-40-23-5-3-4-20(21-13-24-19(12-22(21)32)14-35-38(24)2)30(23)31(36-40)18-8-10-39(11-9-18)27(43)7-6-25(33)41/h3-5,12-14,18H,6-11,15-17H2,1-2H3,(H2,33,41)(H,34,42)(H,45,46). The van der Waals surface area contributed by atoms with E-state index in [1.54, 1.807) is 41.0 Å². The van der Waals surface area contributed by atoms with Gasteiger partial charge in [0.05, 0.1) is 29.5 Å². The van der Waals surface area contributed by atoms with Crippen LogP contribution in [-0.4, -0.2) is 97.3 Å². The lowest BCUT2D eigenvalue weighted by Crippen LogP contribution is -2.41. The number of hydrogen-bond donors (Lipinski definition) is 3. The normalized spacial score (nSPS) is 13.7. The van der Waals surface area contributed by atoms with Crippen LogP contribution in [0.15, 0.2) is 36.5 Å². The number of likely N-dealkylation sites (N-methyl/N-ethyl adjacent to an activating group) is 1. The maximum absolute atomic E-state index is 15.7. The molecule has 1 fully saturated rings. The largest absolute Gasteiger partial charge is 0.480 e. The number of piperidine rings is 1. The Balaban J connectivity index is 1.49. The van der Waals surface area contributed by atoms with Crippen molar-refractivity contribution in [3.05, 3.63) is 48.0 Å². The molecule has 2 aromatic heterocycles. The third-order valence-corrected chi connectivity index (χ3v) is 8.28. The number of halogens is 1. The second kappa shape index (κ2) is 13.3. The zero-order chi connectivity index (χ0) is 33.1. The summed E-state index contributed by atoms with van der Waals surface area (Å²) in [6, 6.07) is 8.54. The summed E-state index contributed by atoms with van der Waals surface area (Å²) in [6.07, 6.45) is 2.73. The van der Waals surface area contributed by atoms with Gasteiger partial charge in [0.25, 0.3) is 0 Å². The molecule has 0 spiro atoms. The molecule has 4 aromatic rings. The SMILES string of the molecule is CN(CC(=O)NCC(=O)O)C(=O)Cn1nc(C2CCN(C(=O)CCC(N)=O)CC2)c2c(-c3cc4c(cnn4C)cc3F)cccc21. The number of primary amides is 1. The van der Waals surface area contributed by atoms with Gasteiger partial charge in [0.2, 0.25) is 23.6 Å². The molecule has 242 valence electrons. The summed E-state index contributed by atoms with van der Waals surface area (Å²) in [5.74, 6) is -3.51. The number of aryl methyl sites for hydroxylation is 1. The topological polar surface area (TPSA) is 186 Å². The molecule has 5 rings (SSSR count). The van der Waals surface area contributed by atoms with Crippen molar-refractivity contribution in [2.75, 3.05) is 33.2 Å². The van der Waals surface area contributed by atoms with E-state index in [2.05, 4.69) is 10.4 Å². The summed E-state index contributed by atoms with van der Waals surface area (Å²) in [4.78, 5) is 62.8. The van der Waals surface area contributed by atoms with Gasteiger partial charge in [-0.3, -0.25) is 33.3 Å². The summed E-state index contributed by atoms with van der Waals surface area (Å²) in [5.41, 5.74) is 8.14. The van der Waals surface area contributed by atoms with Crippen molar-refractivity contribution in [2.24, 2.45) is 12.8 Å². The average molecular weight is 635 g/mol. The molecule has 0 atom stereocenters. The van der Waals surface area contributed by atoms with Crippen molar-refractivity contribution in [1.82, 2.24) is 34.7 Å². The Kier molecular flexibility index (Phi) is 9.30. The number of nitrogens with zero attached hydrogens (tertiary/aromatic N) is 6. The highest BCUT2D eigenvalue weighted by molar-refractivity contribution is 6.00. The second-order valence-electron chi connectivity index (χ2n) is 11.4. The lowest BCUT2D eigenvalue weighted by molar-refractivity contribution is -0.139. The molecule has 0 saturated carbocycles.